The molecule has 0 aliphatic heterocycles. The molecule has 1 unspecified atom stereocenters. The van der Waals surface area contributed by atoms with E-state index >= 15 is 0 Å². The summed E-state index contributed by atoms with van der Waals surface area (Å²) in [7, 11) is -4.36. The van der Waals surface area contributed by atoms with Crippen molar-refractivity contribution < 1.29 is 18.9 Å². The molecule has 0 aromatic carbocycles. The molecule has 0 rings (SSSR count). The van der Waals surface area contributed by atoms with Crippen molar-refractivity contribution in [1.29, 1.82) is 0 Å². The van der Waals surface area contributed by atoms with Crippen molar-refractivity contribution in [3.8, 4) is 0 Å². The summed E-state index contributed by atoms with van der Waals surface area (Å²) in [5, 5.41) is 0. The highest BCUT2D eigenvalue weighted by molar-refractivity contribution is 7.46. The van der Waals surface area contributed by atoms with Gasteiger partial charge in [0.1, 0.15) is 0 Å². The van der Waals surface area contributed by atoms with Crippen LogP contribution in [0.5, 0.6) is 0 Å². The van der Waals surface area contributed by atoms with Gasteiger partial charge < -0.3 is 9.79 Å². The smallest absolute Gasteiger partial charge is 0.303 e. The first kappa shape index (κ1) is 23.1. The lowest BCUT2D eigenvalue weighted by atomic mass is 10.0. The average molecular weight is 350 g/mol. The van der Waals surface area contributed by atoms with Gasteiger partial charge in [-0.05, 0) is 12.8 Å². The summed E-state index contributed by atoms with van der Waals surface area (Å²) < 4.78 is 16.1. The van der Waals surface area contributed by atoms with Crippen molar-refractivity contribution in [2.45, 2.75) is 116 Å². The molecule has 23 heavy (non-hydrogen) atoms. The van der Waals surface area contributed by atoms with Gasteiger partial charge in [0.15, 0.2) is 0 Å². The lowest BCUT2D eigenvalue weighted by Crippen LogP contribution is -2.11. The first-order valence-corrected chi connectivity index (χ1v) is 11.3. The monoisotopic (exact) mass is 350 g/mol. The lowest BCUT2D eigenvalue weighted by molar-refractivity contribution is 0.115. The van der Waals surface area contributed by atoms with Gasteiger partial charge in [-0.15, -0.1) is 0 Å². The van der Waals surface area contributed by atoms with Gasteiger partial charge >= 0.3 is 7.82 Å². The highest BCUT2D eigenvalue weighted by Crippen LogP contribution is 2.39. The molecule has 0 aliphatic carbocycles. The van der Waals surface area contributed by atoms with Crippen LogP contribution in [0.2, 0.25) is 0 Å². The Kier molecular flexibility index (Phi) is 15.7. The van der Waals surface area contributed by atoms with E-state index in [1.165, 1.54) is 57.8 Å². The molecule has 0 aliphatic rings. The Morgan fingerprint density at radius 3 is 1.39 bits per heavy atom. The second-order valence-corrected chi connectivity index (χ2v) is 7.88. The molecule has 0 bridgehead atoms. The summed E-state index contributed by atoms with van der Waals surface area (Å²) in [6, 6.07) is 0. The van der Waals surface area contributed by atoms with E-state index in [4.69, 9.17) is 14.3 Å². The number of rotatable bonds is 17. The number of hydrogen-bond acceptors (Lipinski definition) is 2. The molecule has 5 heteroatoms. The number of phosphoric ester groups is 1. The fraction of sp³-hybridized carbons (Fsp3) is 1.00. The number of hydrogen-bond donors (Lipinski definition) is 2. The fourth-order valence-electron chi connectivity index (χ4n) is 2.93. The third-order valence-corrected chi connectivity index (χ3v) is 4.87. The molecule has 0 spiro atoms. The van der Waals surface area contributed by atoms with Crippen molar-refractivity contribution in [2.24, 2.45) is 0 Å². The van der Waals surface area contributed by atoms with Crippen LogP contribution in [0.4, 0.5) is 0 Å². The van der Waals surface area contributed by atoms with E-state index in [0.717, 1.165) is 38.5 Å². The molecule has 0 fully saturated rings. The fourth-order valence-corrected chi connectivity index (χ4v) is 3.52. The molecule has 0 saturated heterocycles. The first-order chi connectivity index (χ1) is 11.0. The Morgan fingerprint density at radius 2 is 1.04 bits per heavy atom. The summed E-state index contributed by atoms with van der Waals surface area (Å²) in [6.45, 7) is 4.41. The van der Waals surface area contributed by atoms with E-state index in [1.807, 2.05) is 0 Å². The Balaban J connectivity index is 3.77. The maximum Gasteiger partial charge on any atom is 0.469 e. The topological polar surface area (TPSA) is 66.8 Å². The minimum absolute atomic E-state index is 0.280. The van der Waals surface area contributed by atoms with Gasteiger partial charge in [-0.2, -0.15) is 0 Å². The van der Waals surface area contributed by atoms with Gasteiger partial charge in [0, 0.05) is 0 Å². The van der Waals surface area contributed by atoms with Crippen molar-refractivity contribution in [1.82, 2.24) is 0 Å². The van der Waals surface area contributed by atoms with E-state index in [1.54, 1.807) is 0 Å². The standard InChI is InChI=1S/C18H39O4P/c1-3-5-7-9-10-11-13-15-17-18(22-23(19,20)21)16-14-12-8-6-4-2/h18H,3-17H2,1-2H3,(H2,19,20,21). The third kappa shape index (κ3) is 18.3. The van der Waals surface area contributed by atoms with Crippen molar-refractivity contribution >= 4 is 7.82 Å². The Labute approximate surface area is 143 Å². The van der Waals surface area contributed by atoms with Crippen LogP contribution in [-0.4, -0.2) is 15.9 Å². The summed E-state index contributed by atoms with van der Waals surface area (Å²) in [5.74, 6) is 0. The van der Waals surface area contributed by atoms with Gasteiger partial charge in [-0.3, -0.25) is 4.52 Å². The molecule has 4 nitrogen and oxygen atoms in total. The van der Waals surface area contributed by atoms with Gasteiger partial charge in [0.25, 0.3) is 0 Å². The minimum Gasteiger partial charge on any atom is -0.303 e. The summed E-state index contributed by atoms with van der Waals surface area (Å²) in [4.78, 5) is 18.1. The highest BCUT2D eigenvalue weighted by atomic mass is 31.2. The SMILES string of the molecule is CCCCCCCCCCC(CCCCCCC)OP(=O)(O)O. The molecule has 0 aromatic heterocycles. The second kappa shape index (κ2) is 15.6. The molecule has 0 saturated carbocycles. The number of unbranched alkanes of at least 4 members (excludes halogenated alkanes) is 11. The van der Waals surface area contributed by atoms with E-state index in [9.17, 15) is 4.57 Å². The van der Waals surface area contributed by atoms with E-state index in [2.05, 4.69) is 13.8 Å². The minimum atomic E-state index is -4.36. The zero-order valence-electron chi connectivity index (χ0n) is 15.3. The maximum absolute atomic E-state index is 11.1. The largest absolute Gasteiger partial charge is 0.469 e. The lowest BCUT2D eigenvalue weighted by Gasteiger charge is -2.18. The average Bonchev–Trinajstić information content (AvgIpc) is 2.48. The van der Waals surface area contributed by atoms with Crippen LogP contribution < -0.4 is 0 Å². The summed E-state index contributed by atoms with van der Waals surface area (Å²) >= 11 is 0. The third-order valence-electron chi connectivity index (χ3n) is 4.30. The highest BCUT2D eigenvalue weighted by Gasteiger charge is 2.21. The van der Waals surface area contributed by atoms with Gasteiger partial charge in [-0.25, -0.2) is 4.57 Å². The maximum atomic E-state index is 11.1. The quantitative estimate of drug-likeness (QED) is 0.237. The summed E-state index contributed by atoms with van der Waals surface area (Å²) in [6.07, 6.45) is 17.0. The first-order valence-electron chi connectivity index (χ1n) is 9.73. The molecular weight excluding hydrogens is 311 g/mol. The van der Waals surface area contributed by atoms with E-state index in [0.29, 0.717) is 0 Å². The van der Waals surface area contributed by atoms with Crippen molar-refractivity contribution in [3.63, 3.8) is 0 Å². The molecule has 1 atom stereocenters. The molecule has 0 amide bonds. The molecule has 2 N–H and O–H groups in total. The van der Waals surface area contributed by atoms with Gasteiger partial charge in [0.2, 0.25) is 0 Å². The Morgan fingerprint density at radius 1 is 0.696 bits per heavy atom. The van der Waals surface area contributed by atoms with E-state index in [-0.39, 0.29) is 6.10 Å². The van der Waals surface area contributed by atoms with Crippen LogP contribution in [-0.2, 0) is 9.09 Å². The molecule has 0 heterocycles. The van der Waals surface area contributed by atoms with Crippen LogP contribution in [0.15, 0.2) is 0 Å². The Hall–Kier alpha value is 0.110. The molecule has 0 aromatic rings. The van der Waals surface area contributed by atoms with Gasteiger partial charge in [-0.1, -0.05) is 97.3 Å². The van der Waals surface area contributed by atoms with Crippen LogP contribution in [0, 0.1) is 0 Å². The van der Waals surface area contributed by atoms with Crippen LogP contribution in [0.25, 0.3) is 0 Å². The predicted octanol–water partition coefficient (Wildman–Crippen LogP) is 6.36. The van der Waals surface area contributed by atoms with Gasteiger partial charge in [0.05, 0.1) is 6.10 Å². The molecular formula is C18H39O4P. The predicted molar refractivity (Wildman–Crippen MR) is 97.5 cm³/mol. The molecule has 140 valence electrons. The zero-order valence-corrected chi connectivity index (χ0v) is 16.2. The van der Waals surface area contributed by atoms with Crippen molar-refractivity contribution in [3.05, 3.63) is 0 Å². The normalized spacial score (nSPS) is 13.4. The number of phosphoric acid groups is 1. The zero-order chi connectivity index (χ0) is 17.4. The van der Waals surface area contributed by atoms with E-state index < -0.39 is 7.82 Å². The van der Waals surface area contributed by atoms with Crippen LogP contribution in [0.1, 0.15) is 110 Å². The Bertz CT molecular complexity index is 291. The molecule has 0 radical (unpaired) electrons. The van der Waals surface area contributed by atoms with Crippen LogP contribution in [0.3, 0.4) is 0 Å². The second-order valence-electron chi connectivity index (χ2n) is 6.68. The van der Waals surface area contributed by atoms with Crippen molar-refractivity contribution in [2.75, 3.05) is 0 Å². The summed E-state index contributed by atoms with van der Waals surface area (Å²) in [5.41, 5.74) is 0. The van der Waals surface area contributed by atoms with Crippen LogP contribution >= 0.6 is 7.82 Å².